The Labute approximate surface area is 187 Å². The van der Waals surface area contributed by atoms with Crippen molar-refractivity contribution in [2.24, 2.45) is 0 Å². The van der Waals surface area contributed by atoms with Crippen molar-refractivity contribution in [2.45, 2.75) is 39.2 Å². The van der Waals surface area contributed by atoms with Crippen LogP contribution in [0.5, 0.6) is 11.5 Å². The zero-order chi connectivity index (χ0) is 22.3. The van der Waals surface area contributed by atoms with E-state index in [1.54, 1.807) is 0 Å². The molecule has 1 fully saturated rings. The van der Waals surface area contributed by atoms with E-state index in [2.05, 4.69) is 25.7 Å². The van der Waals surface area contributed by atoms with E-state index in [0.717, 1.165) is 54.1 Å². The molecule has 2 aromatic carbocycles. The van der Waals surface area contributed by atoms with Gasteiger partial charge in [0.05, 0.1) is 16.6 Å². The van der Waals surface area contributed by atoms with Crippen molar-refractivity contribution in [3.63, 3.8) is 0 Å². The monoisotopic (exact) mass is 428 g/mol. The third-order valence-electron chi connectivity index (χ3n) is 5.67. The van der Waals surface area contributed by atoms with Crippen LogP contribution < -0.4 is 15.4 Å². The van der Waals surface area contributed by atoms with E-state index in [4.69, 9.17) is 25.5 Å². The summed E-state index contributed by atoms with van der Waals surface area (Å²) in [5, 5.41) is 5.55. The third kappa shape index (κ3) is 3.75. The molecule has 1 aliphatic rings. The van der Waals surface area contributed by atoms with Gasteiger partial charge in [-0.25, -0.2) is 9.67 Å². The lowest BCUT2D eigenvalue weighted by molar-refractivity contribution is 0.364. The molecule has 0 saturated carbocycles. The van der Waals surface area contributed by atoms with Crippen LogP contribution in [0.1, 0.15) is 33.6 Å². The number of anilines is 2. The number of nitrogen functional groups attached to an aromatic ring is 1. The molecular formula is C25H28N6O. The lowest BCUT2D eigenvalue weighted by Gasteiger charge is -2.20. The van der Waals surface area contributed by atoms with Gasteiger partial charge in [-0.05, 0) is 57.9 Å². The number of nitrogens with zero attached hydrogens (tertiary/aromatic N) is 5. The Hall–Kier alpha value is -3.61. The second-order valence-electron chi connectivity index (χ2n) is 9.18. The van der Waals surface area contributed by atoms with Crippen LogP contribution in [0, 0.1) is 0 Å². The molecule has 1 saturated heterocycles. The molecule has 0 amide bonds. The summed E-state index contributed by atoms with van der Waals surface area (Å²) in [4.78, 5) is 12.0. The van der Waals surface area contributed by atoms with Gasteiger partial charge in [-0.1, -0.05) is 30.3 Å². The standard InChI is InChI=1S/C25H28N6O/c1-25(2,3)31-22(26)20-21(27-24(28-23(20)29-31)30-14-7-8-15-30)17-10-9-13-19(16-17)32-18-11-5-4-6-12-18/h4-6,9-13,16H,7-8,14-15,26H2,1-3H3. The largest absolute Gasteiger partial charge is 0.457 e. The van der Waals surface area contributed by atoms with Gasteiger partial charge >= 0.3 is 0 Å². The Kier molecular flexibility index (Phi) is 4.96. The molecule has 0 spiro atoms. The van der Waals surface area contributed by atoms with Gasteiger partial charge in [-0.3, -0.25) is 0 Å². The highest BCUT2D eigenvalue weighted by Gasteiger charge is 2.26. The molecule has 2 aromatic heterocycles. The minimum atomic E-state index is -0.270. The van der Waals surface area contributed by atoms with E-state index in [0.29, 0.717) is 17.4 Å². The molecule has 0 unspecified atom stereocenters. The van der Waals surface area contributed by atoms with Gasteiger partial charge in [0.25, 0.3) is 0 Å². The van der Waals surface area contributed by atoms with Crippen molar-refractivity contribution in [2.75, 3.05) is 23.7 Å². The van der Waals surface area contributed by atoms with Crippen LogP contribution in [0.3, 0.4) is 0 Å². The van der Waals surface area contributed by atoms with Crippen molar-refractivity contribution in [1.29, 1.82) is 0 Å². The number of benzene rings is 2. The molecule has 32 heavy (non-hydrogen) atoms. The van der Waals surface area contributed by atoms with E-state index < -0.39 is 0 Å². The maximum atomic E-state index is 6.60. The summed E-state index contributed by atoms with van der Waals surface area (Å²) in [7, 11) is 0. The molecule has 0 radical (unpaired) electrons. The van der Waals surface area contributed by atoms with Gasteiger partial charge < -0.3 is 15.4 Å². The molecule has 7 heteroatoms. The van der Waals surface area contributed by atoms with E-state index >= 15 is 0 Å². The smallest absolute Gasteiger partial charge is 0.228 e. The summed E-state index contributed by atoms with van der Waals surface area (Å²) in [5.74, 6) is 2.81. The summed E-state index contributed by atoms with van der Waals surface area (Å²) in [5.41, 5.74) is 8.66. The van der Waals surface area contributed by atoms with Gasteiger partial charge in [0, 0.05) is 18.7 Å². The molecular weight excluding hydrogens is 400 g/mol. The summed E-state index contributed by atoms with van der Waals surface area (Å²) in [6.45, 7) is 8.16. The lowest BCUT2D eigenvalue weighted by Crippen LogP contribution is -2.24. The van der Waals surface area contributed by atoms with Crippen molar-refractivity contribution >= 4 is 22.8 Å². The normalized spacial score (nSPS) is 14.3. The van der Waals surface area contributed by atoms with Crippen LogP contribution in [-0.2, 0) is 5.54 Å². The summed E-state index contributed by atoms with van der Waals surface area (Å²) in [6, 6.07) is 17.7. The van der Waals surface area contributed by atoms with E-state index in [1.165, 1.54) is 0 Å². The fourth-order valence-corrected chi connectivity index (χ4v) is 4.11. The van der Waals surface area contributed by atoms with Gasteiger partial charge in [0.1, 0.15) is 17.3 Å². The maximum Gasteiger partial charge on any atom is 0.228 e. The fraction of sp³-hybridized carbons (Fsp3) is 0.320. The van der Waals surface area contributed by atoms with Crippen LogP contribution >= 0.6 is 0 Å². The first kappa shape index (κ1) is 20.3. The zero-order valence-electron chi connectivity index (χ0n) is 18.7. The minimum absolute atomic E-state index is 0.270. The number of para-hydroxylation sites is 1. The minimum Gasteiger partial charge on any atom is -0.457 e. The Morgan fingerprint density at radius 1 is 0.906 bits per heavy atom. The molecule has 0 atom stereocenters. The fourth-order valence-electron chi connectivity index (χ4n) is 4.11. The van der Waals surface area contributed by atoms with Crippen molar-refractivity contribution in [1.82, 2.24) is 19.7 Å². The molecule has 0 aliphatic carbocycles. The average molecular weight is 429 g/mol. The first-order chi connectivity index (χ1) is 15.4. The molecule has 3 heterocycles. The van der Waals surface area contributed by atoms with Crippen molar-refractivity contribution in [3.05, 3.63) is 54.6 Å². The molecule has 2 N–H and O–H groups in total. The van der Waals surface area contributed by atoms with Crippen LogP contribution in [0.15, 0.2) is 54.6 Å². The maximum absolute atomic E-state index is 6.60. The second kappa shape index (κ2) is 7.82. The summed E-state index contributed by atoms with van der Waals surface area (Å²) >= 11 is 0. The Morgan fingerprint density at radius 3 is 2.34 bits per heavy atom. The lowest BCUT2D eigenvalue weighted by atomic mass is 10.1. The zero-order valence-corrected chi connectivity index (χ0v) is 18.7. The van der Waals surface area contributed by atoms with Crippen LogP contribution in [0.25, 0.3) is 22.3 Å². The Balaban J connectivity index is 1.66. The number of hydrogen-bond donors (Lipinski definition) is 1. The quantitative estimate of drug-likeness (QED) is 0.480. The number of rotatable bonds is 4. The number of nitrogens with two attached hydrogens (primary N) is 1. The number of ether oxygens (including phenoxy) is 1. The molecule has 5 rings (SSSR count). The second-order valence-corrected chi connectivity index (χ2v) is 9.18. The topological polar surface area (TPSA) is 82.1 Å². The van der Waals surface area contributed by atoms with E-state index in [1.807, 2.05) is 59.3 Å². The first-order valence-corrected chi connectivity index (χ1v) is 11.1. The molecule has 0 bridgehead atoms. The van der Waals surface area contributed by atoms with E-state index in [9.17, 15) is 0 Å². The van der Waals surface area contributed by atoms with Crippen LogP contribution in [-0.4, -0.2) is 32.8 Å². The Bertz CT molecular complexity index is 1250. The Morgan fingerprint density at radius 2 is 1.62 bits per heavy atom. The first-order valence-electron chi connectivity index (χ1n) is 11.1. The number of aromatic nitrogens is 4. The predicted molar refractivity (Wildman–Crippen MR) is 128 cm³/mol. The molecule has 1 aliphatic heterocycles. The van der Waals surface area contributed by atoms with Crippen molar-refractivity contribution < 1.29 is 4.74 Å². The SMILES string of the molecule is CC(C)(C)n1nc2nc(N3CCCC3)nc(-c3cccc(Oc4ccccc4)c3)c2c1N. The number of fused-ring (bicyclic) bond motifs is 1. The van der Waals surface area contributed by atoms with Crippen LogP contribution in [0.4, 0.5) is 11.8 Å². The van der Waals surface area contributed by atoms with Gasteiger partial charge in [-0.15, -0.1) is 5.10 Å². The molecule has 7 nitrogen and oxygen atoms in total. The number of hydrogen-bond acceptors (Lipinski definition) is 6. The van der Waals surface area contributed by atoms with Gasteiger partial charge in [0.2, 0.25) is 5.95 Å². The van der Waals surface area contributed by atoms with Gasteiger partial charge in [0.15, 0.2) is 5.65 Å². The highest BCUT2D eigenvalue weighted by Crippen LogP contribution is 2.36. The van der Waals surface area contributed by atoms with Crippen molar-refractivity contribution in [3.8, 4) is 22.8 Å². The molecule has 164 valence electrons. The van der Waals surface area contributed by atoms with Crippen LogP contribution in [0.2, 0.25) is 0 Å². The summed E-state index contributed by atoms with van der Waals surface area (Å²) in [6.07, 6.45) is 2.30. The van der Waals surface area contributed by atoms with Gasteiger partial charge in [-0.2, -0.15) is 4.98 Å². The average Bonchev–Trinajstić information content (AvgIpc) is 3.42. The van der Waals surface area contributed by atoms with E-state index in [-0.39, 0.29) is 5.54 Å². The predicted octanol–water partition coefficient (Wildman–Crippen LogP) is 5.22. The highest BCUT2D eigenvalue weighted by molar-refractivity contribution is 5.99. The molecule has 4 aromatic rings. The highest BCUT2D eigenvalue weighted by atomic mass is 16.5. The third-order valence-corrected chi connectivity index (χ3v) is 5.67. The summed E-state index contributed by atoms with van der Waals surface area (Å²) < 4.78 is 7.91.